The average Bonchev–Trinajstić information content (AvgIpc) is 3.01. The minimum atomic E-state index is -0.865. The van der Waals surface area contributed by atoms with E-state index in [2.05, 4.69) is 4.98 Å². The number of esters is 1. The molecule has 0 radical (unpaired) electrons. The molecule has 2 aliphatic rings. The number of aromatic amines is 1. The second kappa shape index (κ2) is 6.28. The van der Waals surface area contributed by atoms with E-state index in [-0.39, 0.29) is 30.3 Å². The normalized spacial score (nSPS) is 25.3. The maximum Gasteiger partial charge on any atom is 0.314 e. The van der Waals surface area contributed by atoms with E-state index in [0.29, 0.717) is 19.6 Å². The molecule has 0 aromatic carbocycles. The molecule has 1 aromatic rings. The van der Waals surface area contributed by atoms with Crippen LogP contribution in [0.1, 0.15) is 16.8 Å². The average molecular weight is 351 g/mol. The molecule has 25 heavy (non-hydrogen) atoms. The maximum absolute atomic E-state index is 12.7. The van der Waals surface area contributed by atoms with Crippen molar-refractivity contribution in [3.63, 3.8) is 0 Å². The molecule has 10 nitrogen and oxygen atoms in total. The Bertz CT molecular complexity index is 790. The van der Waals surface area contributed by atoms with Crippen molar-refractivity contribution in [1.29, 1.82) is 0 Å². The van der Waals surface area contributed by atoms with E-state index in [9.17, 15) is 24.5 Å². The van der Waals surface area contributed by atoms with E-state index in [1.165, 1.54) is 12.0 Å². The molecule has 2 fully saturated rings. The third-order valence-corrected chi connectivity index (χ3v) is 4.92. The molecule has 10 heteroatoms. The highest BCUT2D eigenvalue weighted by Gasteiger charge is 2.55. The van der Waals surface area contributed by atoms with Crippen molar-refractivity contribution in [1.82, 2.24) is 9.88 Å². The standard InChI is InChI=1S/C15H17N3O7/c1-24-14(21)15-2-3-25-7-9(15)6-17(8-15)13(20)11-4-10(18(22)23)5-16-12(11)19/h4-5,9H,2-3,6-8H2,1H3,(H,16,19)/t9-,15+/m0/s1. The predicted molar refractivity (Wildman–Crippen MR) is 83.0 cm³/mol. The molecular weight excluding hydrogens is 334 g/mol. The summed E-state index contributed by atoms with van der Waals surface area (Å²) in [5.74, 6) is -1.30. The molecule has 0 spiro atoms. The quantitative estimate of drug-likeness (QED) is 0.458. The van der Waals surface area contributed by atoms with Crippen molar-refractivity contribution in [3.8, 4) is 0 Å². The maximum atomic E-state index is 12.7. The molecule has 0 unspecified atom stereocenters. The molecule has 0 saturated carbocycles. The van der Waals surface area contributed by atoms with Gasteiger partial charge in [0.25, 0.3) is 17.2 Å². The lowest BCUT2D eigenvalue weighted by molar-refractivity contribution is -0.385. The highest BCUT2D eigenvalue weighted by atomic mass is 16.6. The van der Waals surface area contributed by atoms with Crippen LogP contribution in [0.2, 0.25) is 0 Å². The van der Waals surface area contributed by atoms with Gasteiger partial charge in [-0.05, 0) is 6.42 Å². The number of ether oxygens (including phenoxy) is 2. The van der Waals surface area contributed by atoms with Gasteiger partial charge < -0.3 is 19.4 Å². The largest absolute Gasteiger partial charge is 0.469 e. The lowest BCUT2D eigenvalue weighted by Gasteiger charge is -2.35. The van der Waals surface area contributed by atoms with Crippen LogP contribution in [0.3, 0.4) is 0 Å². The minimum absolute atomic E-state index is 0.0919. The fraction of sp³-hybridized carbons (Fsp3) is 0.533. The van der Waals surface area contributed by atoms with Crippen LogP contribution in [-0.4, -0.2) is 60.1 Å². The number of nitro groups is 1. The number of hydrogen-bond donors (Lipinski definition) is 1. The second-order valence-corrected chi connectivity index (χ2v) is 6.21. The van der Waals surface area contributed by atoms with Gasteiger partial charge in [0.05, 0.1) is 30.3 Å². The SMILES string of the molecule is COC(=O)[C@@]12CCOC[C@@H]1CN(C(=O)c1cc([N+](=O)[O-])c[nH]c1=O)C2. The van der Waals surface area contributed by atoms with Crippen LogP contribution < -0.4 is 5.56 Å². The summed E-state index contributed by atoms with van der Waals surface area (Å²) in [6.45, 7) is 1.000. The first-order valence-electron chi connectivity index (χ1n) is 7.71. The first kappa shape index (κ1) is 17.1. The fourth-order valence-corrected chi connectivity index (χ4v) is 3.55. The second-order valence-electron chi connectivity index (χ2n) is 6.21. The van der Waals surface area contributed by atoms with Gasteiger partial charge in [0.1, 0.15) is 5.56 Å². The topological polar surface area (TPSA) is 132 Å². The molecule has 2 aliphatic heterocycles. The number of aromatic nitrogens is 1. The summed E-state index contributed by atoms with van der Waals surface area (Å²) in [5, 5.41) is 10.9. The van der Waals surface area contributed by atoms with Crippen LogP contribution >= 0.6 is 0 Å². The molecule has 1 N–H and O–H groups in total. The van der Waals surface area contributed by atoms with Crippen molar-refractivity contribution >= 4 is 17.6 Å². The Morgan fingerprint density at radius 2 is 2.28 bits per heavy atom. The Morgan fingerprint density at radius 3 is 2.96 bits per heavy atom. The van der Waals surface area contributed by atoms with Gasteiger partial charge in [-0.1, -0.05) is 0 Å². The molecule has 0 bridgehead atoms. The van der Waals surface area contributed by atoms with Crippen LogP contribution in [0, 0.1) is 21.4 Å². The van der Waals surface area contributed by atoms with Crippen LogP contribution in [0.15, 0.2) is 17.1 Å². The zero-order valence-corrected chi connectivity index (χ0v) is 13.5. The van der Waals surface area contributed by atoms with E-state index in [0.717, 1.165) is 12.3 Å². The molecule has 134 valence electrons. The zero-order chi connectivity index (χ0) is 18.2. The Morgan fingerprint density at radius 1 is 1.52 bits per heavy atom. The summed E-state index contributed by atoms with van der Waals surface area (Å²) >= 11 is 0. The van der Waals surface area contributed by atoms with Gasteiger partial charge >= 0.3 is 5.97 Å². The number of nitrogens with zero attached hydrogens (tertiary/aromatic N) is 2. The van der Waals surface area contributed by atoms with Crippen molar-refractivity contribution < 1.29 is 24.0 Å². The summed E-state index contributed by atoms with van der Waals surface area (Å²) in [4.78, 5) is 50.7. The van der Waals surface area contributed by atoms with Gasteiger partial charge in [0.2, 0.25) is 0 Å². The summed E-state index contributed by atoms with van der Waals surface area (Å²) in [7, 11) is 1.29. The molecule has 1 amide bonds. The summed E-state index contributed by atoms with van der Waals surface area (Å²) < 4.78 is 10.3. The number of fused-ring (bicyclic) bond motifs is 1. The summed E-state index contributed by atoms with van der Waals surface area (Å²) in [6.07, 6.45) is 1.35. The molecule has 1 aromatic heterocycles. The number of likely N-dealkylation sites (tertiary alicyclic amines) is 1. The molecule has 0 aliphatic carbocycles. The van der Waals surface area contributed by atoms with Gasteiger partial charge in [-0.25, -0.2) is 0 Å². The highest BCUT2D eigenvalue weighted by Crippen LogP contribution is 2.43. The van der Waals surface area contributed by atoms with Crippen LogP contribution in [0.5, 0.6) is 0 Å². The monoisotopic (exact) mass is 351 g/mol. The van der Waals surface area contributed by atoms with Crippen molar-refractivity contribution in [3.05, 3.63) is 38.3 Å². The van der Waals surface area contributed by atoms with Gasteiger partial charge in [0.15, 0.2) is 0 Å². The number of carbonyl (C=O) groups excluding carboxylic acids is 2. The number of pyridine rings is 1. The third-order valence-electron chi connectivity index (χ3n) is 4.92. The van der Waals surface area contributed by atoms with Gasteiger partial charge in [0, 0.05) is 31.7 Å². The fourth-order valence-electron chi connectivity index (χ4n) is 3.55. The van der Waals surface area contributed by atoms with Crippen molar-refractivity contribution in [2.24, 2.45) is 11.3 Å². The molecule has 3 rings (SSSR count). The Balaban J connectivity index is 1.92. The third kappa shape index (κ3) is 2.78. The number of carbonyl (C=O) groups is 2. The van der Waals surface area contributed by atoms with Crippen LogP contribution in [0.25, 0.3) is 0 Å². The number of H-pyrrole nitrogens is 1. The van der Waals surface area contributed by atoms with E-state index < -0.39 is 27.8 Å². The Kier molecular flexibility index (Phi) is 4.29. The van der Waals surface area contributed by atoms with Crippen molar-refractivity contribution in [2.75, 3.05) is 33.4 Å². The lowest BCUT2D eigenvalue weighted by atomic mass is 9.74. The van der Waals surface area contributed by atoms with Gasteiger partial charge in [-0.15, -0.1) is 0 Å². The summed E-state index contributed by atoms with van der Waals surface area (Å²) in [5.41, 5.74) is -2.29. The number of amides is 1. The smallest absolute Gasteiger partial charge is 0.314 e. The minimum Gasteiger partial charge on any atom is -0.469 e. The van der Waals surface area contributed by atoms with Crippen LogP contribution in [0.4, 0.5) is 5.69 Å². The molecule has 2 atom stereocenters. The lowest BCUT2D eigenvalue weighted by Crippen LogP contribution is -2.45. The van der Waals surface area contributed by atoms with Crippen molar-refractivity contribution in [2.45, 2.75) is 6.42 Å². The van der Waals surface area contributed by atoms with Crippen LogP contribution in [-0.2, 0) is 14.3 Å². The number of rotatable bonds is 3. The number of methoxy groups -OCH3 is 1. The summed E-state index contributed by atoms with van der Waals surface area (Å²) in [6, 6.07) is 0.949. The van der Waals surface area contributed by atoms with Gasteiger partial charge in [-0.3, -0.25) is 24.5 Å². The number of nitrogens with one attached hydrogen (secondary N) is 1. The van der Waals surface area contributed by atoms with E-state index in [4.69, 9.17) is 9.47 Å². The first-order valence-corrected chi connectivity index (χ1v) is 7.71. The Labute approximate surface area is 141 Å². The zero-order valence-electron chi connectivity index (χ0n) is 13.5. The molecule has 2 saturated heterocycles. The van der Waals surface area contributed by atoms with Gasteiger partial charge in [-0.2, -0.15) is 0 Å². The molecule has 3 heterocycles. The Hall–Kier alpha value is -2.75. The first-order chi connectivity index (χ1) is 11.9. The van der Waals surface area contributed by atoms with E-state index in [1.807, 2.05) is 0 Å². The van der Waals surface area contributed by atoms with E-state index in [1.54, 1.807) is 0 Å². The number of hydrogen-bond acceptors (Lipinski definition) is 7. The van der Waals surface area contributed by atoms with E-state index >= 15 is 0 Å². The molecular formula is C15H17N3O7. The highest BCUT2D eigenvalue weighted by molar-refractivity contribution is 5.95. The predicted octanol–water partition coefficient (Wildman–Crippen LogP) is -0.0652.